The molecule has 0 aliphatic carbocycles. The van der Waals surface area contributed by atoms with Crippen molar-refractivity contribution in [1.29, 1.82) is 0 Å². The van der Waals surface area contributed by atoms with Crippen LogP contribution in [-0.4, -0.2) is 19.4 Å². The van der Waals surface area contributed by atoms with Crippen molar-refractivity contribution >= 4 is 7.60 Å². The second kappa shape index (κ2) is 18.0. The minimum atomic E-state index is -2.83. The van der Waals surface area contributed by atoms with E-state index in [1.165, 1.54) is 77.0 Å². The molecule has 0 N–H and O–H groups in total. The minimum absolute atomic E-state index is 0.486. The summed E-state index contributed by atoms with van der Waals surface area (Å²) in [6.07, 6.45) is 17.9. The van der Waals surface area contributed by atoms with Gasteiger partial charge in [-0.15, -0.1) is 0 Å². The SMILES string of the molecule is CCCCCCCCCOP(=O)(CC)OCCCCCCCCC. The normalized spacial score (nSPS) is 12.0. The Bertz CT molecular complexity index is 271. The van der Waals surface area contributed by atoms with E-state index in [9.17, 15) is 4.57 Å². The Kier molecular flexibility index (Phi) is 18.1. The van der Waals surface area contributed by atoms with Crippen LogP contribution in [0.15, 0.2) is 0 Å². The van der Waals surface area contributed by atoms with E-state index in [0.29, 0.717) is 19.4 Å². The third kappa shape index (κ3) is 15.7. The lowest BCUT2D eigenvalue weighted by molar-refractivity contribution is 0.198. The molecular formula is C20H43O3P. The zero-order chi connectivity index (χ0) is 17.9. The van der Waals surface area contributed by atoms with Crippen LogP contribution >= 0.6 is 7.60 Å². The van der Waals surface area contributed by atoms with Gasteiger partial charge in [-0.1, -0.05) is 97.8 Å². The predicted molar refractivity (Wildman–Crippen MR) is 106 cm³/mol. The summed E-state index contributed by atoms with van der Waals surface area (Å²) in [4.78, 5) is 0. The second-order valence-electron chi connectivity index (χ2n) is 6.84. The molecule has 0 unspecified atom stereocenters. The highest BCUT2D eigenvalue weighted by atomic mass is 31.2. The van der Waals surface area contributed by atoms with Crippen molar-refractivity contribution in [2.75, 3.05) is 19.4 Å². The van der Waals surface area contributed by atoms with Crippen molar-refractivity contribution in [2.24, 2.45) is 0 Å². The summed E-state index contributed by atoms with van der Waals surface area (Å²) in [6, 6.07) is 0. The van der Waals surface area contributed by atoms with Crippen LogP contribution in [0.5, 0.6) is 0 Å². The first-order valence-corrected chi connectivity index (χ1v) is 12.3. The molecule has 0 saturated heterocycles. The molecule has 0 spiro atoms. The van der Waals surface area contributed by atoms with Gasteiger partial charge in [-0.3, -0.25) is 4.57 Å². The second-order valence-corrected chi connectivity index (χ2v) is 9.21. The molecule has 0 aromatic carbocycles. The fourth-order valence-corrected chi connectivity index (χ4v) is 4.00. The first kappa shape index (κ1) is 24.1. The molecule has 0 saturated carbocycles. The van der Waals surface area contributed by atoms with E-state index >= 15 is 0 Å². The Balaban J connectivity index is 3.53. The summed E-state index contributed by atoms with van der Waals surface area (Å²) in [5.74, 6) is 0. The molecule has 0 aliphatic rings. The van der Waals surface area contributed by atoms with Crippen LogP contribution in [0.4, 0.5) is 0 Å². The molecule has 0 rings (SSSR count). The number of unbranched alkanes of at least 4 members (excludes halogenated alkanes) is 12. The highest BCUT2D eigenvalue weighted by Crippen LogP contribution is 2.47. The monoisotopic (exact) mass is 362 g/mol. The molecule has 0 heterocycles. The largest absolute Gasteiger partial charge is 0.330 e. The van der Waals surface area contributed by atoms with E-state index in [1.807, 2.05) is 6.92 Å². The van der Waals surface area contributed by atoms with Gasteiger partial charge in [-0.05, 0) is 12.8 Å². The van der Waals surface area contributed by atoms with Crippen LogP contribution in [-0.2, 0) is 13.6 Å². The number of hydrogen-bond donors (Lipinski definition) is 0. The van der Waals surface area contributed by atoms with Gasteiger partial charge in [-0.2, -0.15) is 0 Å². The fourth-order valence-electron chi connectivity index (χ4n) is 2.75. The fraction of sp³-hybridized carbons (Fsp3) is 1.00. The first-order chi connectivity index (χ1) is 11.7. The molecule has 0 aromatic heterocycles. The van der Waals surface area contributed by atoms with Gasteiger partial charge in [0.1, 0.15) is 0 Å². The molecule has 0 fully saturated rings. The van der Waals surface area contributed by atoms with Crippen LogP contribution in [0.25, 0.3) is 0 Å². The van der Waals surface area contributed by atoms with Crippen molar-refractivity contribution in [1.82, 2.24) is 0 Å². The lowest BCUT2D eigenvalue weighted by atomic mass is 10.1. The zero-order valence-electron chi connectivity index (χ0n) is 16.7. The first-order valence-electron chi connectivity index (χ1n) is 10.6. The highest BCUT2D eigenvalue weighted by Gasteiger charge is 2.21. The third-order valence-electron chi connectivity index (χ3n) is 4.46. The van der Waals surface area contributed by atoms with Crippen LogP contribution in [0.2, 0.25) is 0 Å². The van der Waals surface area contributed by atoms with Gasteiger partial charge in [0.15, 0.2) is 0 Å². The van der Waals surface area contributed by atoms with Crippen molar-refractivity contribution in [3.05, 3.63) is 0 Å². The van der Waals surface area contributed by atoms with E-state index in [2.05, 4.69) is 13.8 Å². The third-order valence-corrected chi connectivity index (χ3v) is 6.39. The number of rotatable bonds is 19. The maximum atomic E-state index is 12.5. The maximum Gasteiger partial charge on any atom is 0.330 e. The molecule has 3 nitrogen and oxygen atoms in total. The lowest BCUT2D eigenvalue weighted by Crippen LogP contribution is -2.01. The molecule has 0 aromatic rings. The molecule has 0 amide bonds. The molecule has 0 radical (unpaired) electrons. The standard InChI is InChI=1S/C20H43O3P/c1-4-7-9-11-13-15-17-19-22-24(21,6-3)23-20-18-16-14-12-10-8-5-2/h4-20H2,1-3H3. The predicted octanol–water partition coefficient (Wildman–Crippen LogP) is 7.73. The Morgan fingerprint density at radius 1 is 0.542 bits per heavy atom. The van der Waals surface area contributed by atoms with Gasteiger partial charge in [-0.25, -0.2) is 0 Å². The molecule has 0 aliphatic heterocycles. The highest BCUT2D eigenvalue weighted by molar-refractivity contribution is 7.53. The van der Waals surface area contributed by atoms with E-state index in [4.69, 9.17) is 9.05 Å². The van der Waals surface area contributed by atoms with Gasteiger partial charge < -0.3 is 9.05 Å². The Labute approximate surface area is 151 Å². The van der Waals surface area contributed by atoms with E-state index < -0.39 is 7.60 Å². The van der Waals surface area contributed by atoms with Crippen LogP contribution in [0.1, 0.15) is 111 Å². The van der Waals surface area contributed by atoms with E-state index in [-0.39, 0.29) is 0 Å². The van der Waals surface area contributed by atoms with Gasteiger partial charge >= 0.3 is 7.60 Å². The van der Waals surface area contributed by atoms with Gasteiger partial charge in [0.05, 0.1) is 13.2 Å². The Morgan fingerprint density at radius 2 is 0.875 bits per heavy atom. The summed E-state index contributed by atoms with van der Waals surface area (Å²) in [7, 11) is -2.83. The zero-order valence-corrected chi connectivity index (χ0v) is 17.6. The van der Waals surface area contributed by atoms with Gasteiger partial charge in [0.25, 0.3) is 0 Å². The summed E-state index contributed by atoms with van der Waals surface area (Å²) >= 11 is 0. The van der Waals surface area contributed by atoms with Crippen LogP contribution in [0, 0.1) is 0 Å². The van der Waals surface area contributed by atoms with Crippen molar-refractivity contribution in [2.45, 2.75) is 111 Å². The lowest BCUT2D eigenvalue weighted by Gasteiger charge is -2.17. The van der Waals surface area contributed by atoms with Crippen LogP contribution in [0.3, 0.4) is 0 Å². The summed E-state index contributed by atoms with van der Waals surface area (Å²) in [6.45, 7) is 7.54. The molecule has 4 heteroatoms. The molecule has 24 heavy (non-hydrogen) atoms. The van der Waals surface area contributed by atoms with Gasteiger partial charge in [0, 0.05) is 6.16 Å². The van der Waals surface area contributed by atoms with Crippen LogP contribution < -0.4 is 0 Å². The minimum Gasteiger partial charge on any atom is -0.309 e. The summed E-state index contributed by atoms with van der Waals surface area (Å²) in [5.41, 5.74) is 0. The van der Waals surface area contributed by atoms with Crippen molar-refractivity contribution < 1.29 is 13.6 Å². The van der Waals surface area contributed by atoms with Crippen molar-refractivity contribution in [3.8, 4) is 0 Å². The smallest absolute Gasteiger partial charge is 0.309 e. The Morgan fingerprint density at radius 3 is 1.21 bits per heavy atom. The van der Waals surface area contributed by atoms with Gasteiger partial charge in [0.2, 0.25) is 0 Å². The average molecular weight is 363 g/mol. The topological polar surface area (TPSA) is 35.5 Å². The number of hydrogen-bond acceptors (Lipinski definition) is 3. The quantitative estimate of drug-likeness (QED) is 0.174. The molecule has 0 bridgehead atoms. The Hall–Kier alpha value is 0.150. The molecule has 146 valence electrons. The van der Waals surface area contributed by atoms with E-state index in [1.54, 1.807) is 0 Å². The average Bonchev–Trinajstić information content (AvgIpc) is 2.59. The molecule has 0 atom stereocenters. The van der Waals surface area contributed by atoms with E-state index in [0.717, 1.165) is 12.8 Å². The van der Waals surface area contributed by atoms with Crippen molar-refractivity contribution in [3.63, 3.8) is 0 Å². The molecular weight excluding hydrogens is 319 g/mol. The summed E-state index contributed by atoms with van der Waals surface area (Å²) in [5, 5.41) is 0. The summed E-state index contributed by atoms with van der Waals surface area (Å²) < 4.78 is 23.7. The maximum absolute atomic E-state index is 12.5.